The summed E-state index contributed by atoms with van der Waals surface area (Å²) in [7, 11) is 1.93. The maximum atomic E-state index is 4.28. The van der Waals surface area contributed by atoms with E-state index >= 15 is 0 Å². The van der Waals surface area contributed by atoms with E-state index in [4.69, 9.17) is 0 Å². The molecule has 11 heavy (non-hydrogen) atoms. The molecule has 0 unspecified atom stereocenters. The largest absolute Gasteiger partial charge is 0.253 e. The van der Waals surface area contributed by atoms with Crippen molar-refractivity contribution in [2.75, 3.05) is 5.33 Å². The van der Waals surface area contributed by atoms with Gasteiger partial charge in [0.2, 0.25) is 0 Å². The van der Waals surface area contributed by atoms with Crippen molar-refractivity contribution in [1.29, 1.82) is 0 Å². The first kappa shape index (κ1) is 8.71. The zero-order valence-electron chi connectivity index (χ0n) is 6.84. The van der Waals surface area contributed by atoms with E-state index in [2.05, 4.69) is 26.0 Å². The molecular weight excluding hydrogens is 206 g/mol. The zero-order chi connectivity index (χ0) is 8.27. The summed E-state index contributed by atoms with van der Waals surface area (Å²) < 4.78 is 1.85. The third-order valence-electron chi connectivity index (χ3n) is 1.49. The lowest BCUT2D eigenvalue weighted by Gasteiger charge is -1.95. The molecule has 0 radical (unpaired) electrons. The molecule has 1 aromatic rings. The van der Waals surface area contributed by atoms with Gasteiger partial charge < -0.3 is 0 Å². The topological polar surface area (TPSA) is 30.7 Å². The van der Waals surface area contributed by atoms with Crippen LogP contribution in [0.25, 0.3) is 0 Å². The summed E-state index contributed by atoms with van der Waals surface area (Å²) in [4.78, 5) is 4.28. The third kappa shape index (κ3) is 2.29. The molecule has 0 aliphatic heterocycles. The van der Waals surface area contributed by atoms with E-state index in [1.54, 1.807) is 0 Å². The molecule has 0 fully saturated rings. The summed E-state index contributed by atoms with van der Waals surface area (Å²) >= 11 is 3.38. The van der Waals surface area contributed by atoms with Crippen LogP contribution < -0.4 is 0 Å². The second-order valence-electron chi connectivity index (χ2n) is 2.49. The van der Waals surface area contributed by atoms with Gasteiger partial charge in [-0.15, -0.1) is 0 Å². The Labute approximate surface area is 75.0 Å². The van der Waals surface area contributed by atoms with Gasteiger partial charge in [0, 0.05) is 18.8 Å². The molecule has 0 saturated heterocycles. The average Bonchev–Trinajstić information content (AvgIpc) is 2.26. The van der Waals surface area contributed by atoms with Crippen molar-refractivity contribution in [3.63, 3.8) is 0 Å². The van der Waals surface area contributed by atoms with Gasteiger partial charge in [-0.3, -0.25) is 4.68 Å². The van der Waals surface area contributed by atoms with Crippen molar-refractivity contribution in [1.82, 2.24) is 14.8 Å². The van der Waals surface area contributed by atoms with Crippen LogP contribution in [0.15, 0.2) is 0 Å². The van der Waals surface area contributed by atoms with Gasteiger partial charge in [-0.25, -0.2) is 4.98 Å². The Bertz CT molecular complexity index is 232. The van der Waals surface area contributed by atoms with Gasteiger partial charge >= 0.3 is 0 Å². The lowest BCUT2D eigenvalue weighted by molar-refractivity contribution is 0.686. The number of nitrogens with zero attached hydrogens (tertiary/aromatic N) is 3. The number of rotatable bonds is 3. The number of hydrogen-bond acceptors (Lipinski definition) is 2. The highest BCUT2D eigenvalue weighted by Crippen LogP contribution is 2.00. The van der Waals surface area contributed by atoms with Crippen LogP contribution in [0.1, 0.15) is 18.1 Å². The minimum Gasteiger partial charge on any atom is -0.253 e. The molecule has 0 spiro atoms. The van der Waals surface area contributed by atoms with Gasteiger partial charge in [0.1, 0.15) is 11.6 Å². The molecule has 0 amide bonds. The Kier molecular flexibility index (Phi) is 3.05. The van der Waals surface area contributed by atoms with Crippen LogP contribution in [0, 0.1) is 6.92 Å². The summed E-state index contributed by atoms with van der Waals surface area (Å²) in [5.41, 5.74) is 0. The molecule has 0 aliphatic carbocycles. The fourth-order valence-electron chi connectivity index (χ4n) is 0.999. The molecule has 1 aromatic heterocycles. The van der Waals surface area contributed by atoms with E-state index in [1.165, 1.54) is 0 Å². The Morgan fingerprint density at radius 2 is 2.27 bits per heavy atom. The van der Waals surface area contributed by atoms with Crippen LogP contribution in [-0.2, 0) is 13.5 Å². The minimum absolute atomic E-state index is 0.858. The van der Waals surface area contributed by atoms with Crippen LogP contribution in [0.5, 0.6) is 0 Å². The Morgan fingerprint density at radius 3 is 2.73 bits per heavy atom. The monoisotopic (exact) mass is 217 g/mol. The summed E-state index contributed by atoms with van der Waals surface area (Å²) in [5.74, 6) is 1.93. The number of alkyl halides is 1. The maximum Gasteiger partial charge on any atom is 0.147 e. The molecule has 0 aliphatic rings. The van der Waals surface area contributed by atoms with E-state index < -0.39 is 0 Å². The molecule has 0 aromatic carbocycles. The van der Waals surface area contributed by atoms with E-state index in [0.29, 0.717) is 0 Å². The molecular formula is C7H12BrN3. The van der Waals surface area contributed by atoms with E-state index in [9.17, 15) is 0 Å². The predicted octanol–water partition coefficient (Wildman–Crippen LogP) is 1.45. The SMILES string of the molecule is Cc1nc(CCCBr)n(C)n1. The number of aromatic nitrogens is 3. The molecule has 62 valence electrons. The molecule has 0 atom stereocenters. The first-order valence-electron chi connectivity index (χ1n) is 3.66. The van der Waals surface area contributed by atoms with Gasteiger partial charge in [0.05, 0.1) is 0 Å². The highest BCUT2D eigenvalue weighted by atomic mass is 79.9. The predicted molar refractivity (Wildman–Crippen MR) is 47.9 cm³/mol. The highest BCUT2D eigenvalue weighted by Gasteiger charge is 2.01. The highest BCUT2D eigenvalue weighted by molar-refractivity contribution is 9.09. The van der Waals surface area contributed by atoms with Crippen molar-refractivity contribution in [3.8, 4) is 0 Å². The van der Waals surface area contributed by atoms with Crippen LogP contribution in [0.4, 0.5) is 0 Å². The second-order valence-corrected chi connectivity index (χ2v) is 3.28. The Morgan fingerprint density at radius 1 is 1.55 bits per heavy atom. The minimum atomic E-state index is 0.858. The number of aryl methyl sites for hydroxylation is 3. The molecule has 0 N–H and O–H groups in total. The van der Waals surface area contributed by atoms with Crippen LogP contribution >= 0.6 is 15.9 Å². The van der Waals surface area contributed by atoms with Crippen molar-refractivity contribution >= 4 is 15.9 Å². The van der Waals surface area contributed by atoms with Crippen molar-refractivity contribution in [2.45, 2.75) is 19.8 Å². The first-order valence-corrected chi connectivity index (χ1v) is 4.78. The van der Waals surface area contributed by atoms with E-state index in [1.807, 2.05) is 18.7 Å². The van der Waals surface area contributed by atoms with Crippen molar-refractivity contribution in [3.05, 3.63) is 11.6 Å². The summed E-state index contributed by atoms with van der Waals surface area (Å²) in [6, 6.07) is 0. The third-order valence-corrected chi connectivity index (χ3v) is 2.05. The first-order chi connectivity index (χ1) is 5.24. The normalized spacial score (nSPS) is 10.5. The molecule has 3 nitrogen and oxygen atoms in total. The Balaban J connectivity index is 2.62. The molecule has 0 saturated carbocycles. The second kappa shape index (κ2) is 3.85. The van der Waals surface area contributed by atoms with Gasteiger partial charge in [0.25, 0.3) is 0 Å². The van der Waals surface area contributed by atoms with Crippen LogP contribution in [0.2, 0.25) is 0 Å². The number of hydrogen-bond donors (Lipinski definition) is 0. The average molecular weight is 218 g/mol. The molecule has 1 rings (SSSR count). The van der Waals surface area contributed by atoms with Gasteiger partial charge in [-0.05, 0) is 13.3 Å². The fourth-order valence-corrected chi connectivity index (χ4v) is 1.28. The van der Waals surface area contributed by atoms with Crippen molar-refractivity contribution in [2.24, 2.45) is 7.05 Å². The summed E-state index contributed by atoms with van der Waals surface area (Å²) in [6.07, 6.45) is 2.12. The maximum absolute atomic E-state index is 4.28. The Hall–Kier alpha value is -0.380. The van der Waals surface area contributed by atoms with E-state index in [-0.39, 0.29) is 0 Å². The molecule has 1 heterocycles. The van der Waals surface area contributed by atoms with Gasteiger partial charge in [-0.1, -0.05) is 15.9 Å². The van der Waals surface area contributed by atoms with E-state index in [0.717, 1.165) is 29.8 Å². The smallest absolute Gasteiger partial charge is 0.147 e. The fraction of sp³-hybridized carbons (Fsp3) is 0.714. The zero-order valence-corrected chi connectivity index (χ0v) is 8.43. The lowest BCUT2D eigenvalue weighted by Crippen LogP contribution is -1.99. The quantitative estimate of drug-likeness (QED) is 0.719. The standard InChI is InChI=1S/C7H12BrN3/c1-6-9-7(4-3-5-8)11(2)10-6/h3-5H2,1-2H3. The van der Waals surface area contributed by atoms with Crippen LogP contribution in [-0.4, -0.2) is 20.1 Å². The van der Waals surface area contributed by atoms with Gasteiger partial charge in [0.15, 0.2) is 0 Å². The molecule has 4 heteroatoms. The van der Waals surface area contributed by atoms with Crippen LogP contribution in [0.3, 0.4) is 0 Å². The molecule has 0 bridgehead atoms. The summed E-state index contributed by atoms with van der Waals surface area (Å²) in [6.45, 7) is 1.91. The summed E-state index contributed by atoms with van der Waals surface area (Å²) in [5, 5.41) is 5.18. The lowest BCUT2D eigenvalue weighted by atomic mass is 10.3. The number of halogens is 1. The van der Waals surface area contributed by atoms with Gasteiger partial charge in [-0.2, -0.15) is 5.10 Å². The van der Waals surface area contributed by atoms with Crippen molar-refractivity contribution < 1.29 is 0 Å².